The van der Waals surface area contributed by atoms with E-state index in [2.05, 4.69) is 25.4 Å². The van der Waals surface area contributed by atoms with E-state index >= 15 is 0 Å². The molecule has 2 amide bonds. The first-order valence-corrected chi connectivity index (χ1v) is 11.5. The van der Waals surface area contributed by atoms with Crippen LogP contribution in [0.1, 0.15) is 11.3 Å². The Balaban J connectivity index is 1.45. The monoisotopic (exact) mass is 487 g/mol. The molecule has 3 N–H and O–H groups in total. The zero-order chi connectivity index (χ0) is 24.6. The lowest BCUT2D eigenvalue weighted by Gasteiger charge is -2.10. The van der Waals surface area contributed by atoms with Gasteiger partial charge in [-0.05, 0) is 47.5 Å². The second-order valence-corrected chi connectivity index (χ2v) is 8.25. The summed E-state index contributed by atoms with van der Waals surface area (Å²) in [5, 5.41) is 5.90. The van der Waals surface area contributed by atoms with E-state index in [-0.39, 0.29) is 18.3 Å². The average molecular weight is 488 g/mol. The van der Waals surface area contributed by atoms with Gasteiger partial charge in [0.15, 0.2) is 5.16 Å². The van der Waals surface area contributed by atoms with Crippen molar-refractivity contribution in [1.29, 1.82) is 0 Å². The lowest BCUT2D eigenvalue weighted by atomic mass is 10.1. The largest absolute Gasteiger partial charge is 0.497 e. The van der Waals surface area contributed by atoms with E-state index in [9.17, 15) is 9.59 Å². The molecule has 0 aliphatic heterocycles. The van der Waals surface area contributed by atoms with E-state index in [1.54, 1.807) is 55.8 Å². The van der Waals surface area contributed by atoms with Gasteiger partial charge in [0.25, 0.3) is 11.2 Å². The summed E-state index contributed by atoms with van der Waals surface area (Å²) in [6, 6.07) is 17.6. The highest BCUT2D eigenvalue weighted by Crippen LogP contribution is 2.30. The van der Waals surface area contributed by atoms with Crippen molar-refractivity contribution in [2.45, 2.75) is 17.5 Å². The third-order valence-corrected chi connectivity index (χ3v) is 5.84. The molecule has 0 atom stereocenters. The number of nitrogens with zero attached hydrogens (tertiary/aromatic N) is 2. The second kappa shape index (κ2) is 11.1. The van der Waals surface area contributed by atoms with Crippen molar-refractivity contribution in [2.75, 3.05) is 12.4 Å². The van der Waals surface area contributed by atoms with Crippen molar-refractivity contribution >= 4 is 29.2 Å². The minimum Gasteiger partial charge on any atom is -0.497 e. The molecule has 2 aromatic carbocycles. The van der Waals surface area contributed by atoms with Crippen molar-refractivity contribution in [3.63, 3.8) is 0 Å². The van der Waals surface area contributed by atoms with Gasteiger partial charge in [-0.2, -0.15) is 0 Å². The van der Waals surface area contributed by atoms with Crippen LogP contribution in [-0.4, -0.2) is 23.1 Å². The number of furan rings is 1. The summed E-state index contributed by atoms with van der Waals surface area (Å²) in [4.78, 5) is 35.3. The smallest absolute Gasteiger partial charge is 0.319 e. The lowest BCUT2D eigenvalue weighted by Crippen LogP contribution is -2.28. The number of aromatic nitrogens is 2. The zero-order valence-electron chi connectivity index (χ0n) is 18.7. The number of urea groups is 1. The van der Waals surface area contributed by atoms with E-state index in [4.69, 9.17) is 15.7 Å². The molecule has 0 bridgehead atoms. The Morgan fingerprint density at radius 2 is 2.06 bits per heavy atom. The molecule has 35 heavy (non-hydrogen) atoms. The Hall–Kier alpha value is -4.49. The number of aromatic amines is 1. The van der Waals surface area contributed by atoms with Crippen LogP contribution in [0.15, 0.2) is 81.3 Å². The molecular weight excluding hydrogens is 466 g/mol. The van der Waals surface area contributed by atoms with Gasteiger partial charge in [0.2, 0.25) is 0 Å². The third kappa shape index (κ3) is 6.10. The van der Waals surface area contributed by atoms with Crippen LogP contribution in [-0.2, 0) is 12.3 Å². The van der Waals surface area contributed by atoms with Crippen LogP contribution in [0.5, 0.6) is 5.75 Å². The van der Waals surface area contributed by atoms with Gasteiger partial charge in [0.1, 0.15) is 11.5 Å². The van der Waals surface area contributed by atoms with Gasteiger partial charge in [0, 0.05) is 11.4 Å². The van der Waals surface area contributed by atoms with Gasteiger partial charge < -0.3 is 24.8 Å². The summed E-state index contributed by atoms with van der Waals surface area (Å²) < 4.78 is 10.5. The number of ether oxygens (including phenoxy) is 1. The minimum absolute atomic E-state index is 0.0747. The van der Waals surface area contributed by atoms with Gasteiger partial charge in [-0.15, -0.1) is 0 Å². The Bertz CT molecular complexity index is 1430. The topological polar surface area (TPSA) is 114 Å². The third-order valence-electron chi connectivity index (χ3n) is 4.89. The molecule has 2 aromatic heterocycles. The van der Waals surface area contributed by atoms with Crippen LogP contribution in [0.25, 0.3) is 16.1 Å². The number of amides is 2. The minimum atomic E-state index is -0.501. The Kier molecular flexibility index (Phi) is 7.50. The van der Waals surface area contributed by atoms with Crippen molar-refractivity contribution in [3.8, 4) is 17.0 Å². The van der Waals surface area contributed by atoms with Crippen molar-refractivity contribution in [3.05, 3.63) is 100 Å². The van der Waals surface area contributed by atoms with Crippen LogP contribution in [0.2, 0.25) is 0 Å². The van der Waals surface area contributed by atoms with Crippen LogP contribution in [0.3, 0.4) is 0 Å². The van der Waals surface area contributed by atoms with Crippen LogP contribution < -0.4 is 20.9 Å². The predicted octanol–water partition coefficient (Wildman–Crippen LogP) is 5.20. The number of hydrogen-bond acceptors (Lipinski definition) is 6. The molecular formula is C25H21N5O4S. The molecule has 0 saturated carbocycles. The first-order chi connectivity index (χ1) is 17.1. The summed E-state index contributed by atoms with van der Waals surface area (Å²) in [6.45, 7) is 7.69. The van der Waals surface area contributed by atoms with Crippen LogP contribution >= 0.6 is 11.8 Å². The predicted molar refractivity (Wildman–Crippen MR) is 134 cm³/mol. The Morgan fingerprint density at radius 1 is 1.20 bits per heavy atom. The van der Waals surface area contributed by atoms with Crippen molar-refractivity contribution in [2.24, 2.45) is 0 Å². The molecule has 0 fully saturated rings. The molecule has 4 aromatic rings. The number of thioether (sulfide) groups is 1. The highest BCUT2D eigenvalue weighted by Gasteiger charge is 2.15. The number of hydrogen-bond donors (Lipinski definition) is 3. The zero-order valence-corrected chi connectivity index (χ0v) is 19.5. The van der Waals surface area contributed by atoms with Gasteiger partial charge in [-0.1, -0.05) is 36.0 Å². The Morgan fingerprint density at radius 3 is 2.83 bits per heavy atom. The number of anilines is 1. The molecule has 9 nitrogen and oxygen atoms in total. The summed E-state index contributed by atoms with van der Waals surface area (Å²) >= 11 is 1.32. The summed E-state index contributed by atoms with van der Waals surface area (Å²) in [7, 11) is 1.55. The van der Waals surface area contributed by atoms with Crippen LogP contribution in [0.4, 0.5) is 16.2 Å². The number of methoxy groups -OCH3 is 1. The first kappa shape index (κ1) is 23.7. The van der Waals surface area contributed by atoms with Crippen molar-refractivity contribution in [1.82, 2.24) is 15.3 Å². The fraction of sp³-hybridized carbons (Fsp3) is 0.120. The molecule has 0 radical (unpaired) electrons. The maximum Gasteiger partial charge on any atom is 0.319 e. The number of carbonyl (C=O) groups is 1. The van der Waals surface area contributed by atoms with Gasteiger partial charge in [-0.3, -0.25) is 4.79 Å². The fourth-order valence-corrected chi connectivity index (χ4v) is 4.04. The van der Waals surface area contributed by atoms with Gasteiger partial charge in [-0.25, -0.2) is 14.6 Å². The molecule has 0 saturated heterocycles. The highest BCUT2D eigenvalue weighted by molar-refractivity contribution is 7.98. The maximum atomic E-state index is 12.5. The quantitative estimate of drug-likeness (QED) is 0.179. The maximum absolute atomic E-state index is 12.5. The molecule has 0 spiro atoms. The number of nitrogens with one attached hydrogen (secondary N) is 3. The van der Waals surface area contributed by atoms with E-state index in [0.29, 0.717) is 39.4 Å². The number of rotatable bonds is 8. The Labute approximate surface area is 205 Å². The van der Waals surface area contributed by atoms with E-state index < -0.39 is 5.56 Å². The number of H-pyrrole nitrogens is 1. The fourth-order valence-electron chi connectivity index (χ4n) is 3.24. The van der Waals surface area contributed by atoms with Gasteiger partial charge >= 0.3 is 6.03 Å². The van der Waals surface area contributed by atoms with Crippen molar-refractivity contribution < 1.29 is 13.9 Å². The molecule has 0 aliphatic carbocycles. The lowest BCUT2D eigenvalue weighted by molar-refractivity contribution is 0.251. The van der Waals surface area contributed by atoms with Gasteiger partial charge in [0.05, 0.1) is 32.2 Å². The molecule has 0 unspecified atom stereocenters. The SMILES string of the molecule is [C-]#[N+]c1c(-c2cccc(OC)c2)nc(SCc2cccc(NC(=O)NCc3ccco3)c2)[nH]c1=O. The molecule has 4 rings (SSSR count). The summed E-state index contributed by atoms with van der Waals surface area (Å²) in [5.41, 5.74) is 1.89. The van der Waals surface area contributed by atoms with E-state index in [1.165, 1.54) is 11.8 Å². The number of benzene rings is 2. The van der Waals surface area contributed by atoms with Crippen LogP contribution in [0, 0.1) is 6.57 Å². The standard InChI is InChI=1S/C25H21N5O4S/c1-26-22-21(17-7-4-9-19(13-17)33-2)29-25(30-23(22)31)35-15-16-6-3-8-18(12-16)28-24(32)27-14-20-10-5-11-34-20/h3-13H,14-15H2,2H3,(H2,27,28,32)(H,29,30,31). The normalized spacial score (nSPS) is 10.4. The highest BCUT2D eigenvalue weighted by atomic mass is 32.2. The van der Waals surface area contributed by atoms with E-state index in [0.717, 1.165) is 5.56 Å². The average Bonchev–Trinajstić information content (AvgIpc) is 3.40. The molecule has 10 heteroatoms. The molecule has 176 valence electrons. The van der Waals surface area contributed by atoms with E-state index in [1.807, 2.05) is 18.2 Å². The number of carbonyl (C=O) groups excluding carboxylic acids is 1. The summed E-state index contributed by atoms with van der Waals surface area (Å²) in [5.74, 6) is 1.75. The molecule has 2 heterocycles. The summed E-state index contributed by atoms with van der Waals surface area (Å²) in [6.07, 6.45) is 1.55. The second-order valence-electron chi connectivity index (χ2n) is 7.29. The first-order valence-electron chi connectivity index (χ1n) is 10.5. The molecule has 0 aliphatic rings.